The minimum Gasteiger partial charge on any atom is -0.350 e. The molecule has 0 saturated carbocycles. The molecule has 0 fully saturated rings. The Morgan fingerprint density at radius 2 is 1.28 bits per heavy atom. The van der Waals surface area contributed by atoms with E-state index in [-0.39, 0.29) is 30.2 Å². The molecule has 0 aliphatic carbocycles. The SMILES string of the molecule is CC(C)NC(=O)c1ccccc1NC(=O)CC(c1ccccc1)c1ccccc1. The fourth-order valence-electron chi connectivity index (χ4n) is 3.32. The highest BCUT2D eigenvalue weighted by Crippen LogP contribution is 2.28. The predicted octanol–water partition coefficient (Wildman–Crippen LogP) is 4.99. The Bertz CT molecular complexity index is 913. The van der Waals surface area contributed by atoms with Gasteiger partial charge in [-0.15, -0.1) is 0 Å². The van der Waals surface area contributed by atoms with Crippen LogP contribution in [0.5, 0.6) is 0 Å². The summed E-state index contributed by atoms with van der Waals surface area (Å²) >= 11 is 0. The van der Waals surface area contributed by atoms with Gasteiger partial charge < -0.3 is 10.6 Å². The predicted molar refractivity (Wildman–Crippen MR) is 117 cm³/mol. The van der Waals surface area contributed by atoms with E-state index < -0.39 is 0 Å². The summed E-state index contributed by atoms with van der Waals surface area (Å²) in [6.07, 6.45) is 0.286. The van der Waals surface area contributed by atoms with E-state index in [4.69, 9.17) is 0 Å². The molecule has 0 atom stereocenters. The number of anilines is 1. The van der Waals surface area contributed by atoms with Crippen LogP contribution in [0.4, 0.5) is 5.69 Å². The first kappa shape index (κ1) is 20.3. The molecule has 29 heavy (non-hydrogen) atoms. The molecule has 3 aromatic carbocycles. The van der Waals surface area contributed by atoms with Gasteiger partial charge in [-0.1, -0.05) is 72.8 Å². The molecule has 0 spiro atoms. The summed E-state index contributed by atoms with van der Waals surface area (Å²) in [7, 11) is 0. The molecule has 4 heteroatoms. The van der Waals surface area contributed by atoms with Gasteiger partial charge in [0, 0.05) is 18.4 Å². The maximum atomic E-state index is 12.9. The fourth-order valence-corrected chi connectivity index (χ4v) is 3.32. The third-order valence-corrected chi connectivity index (χ3v) is 4.66. The van der Waals surface area contributed by atoms with Crippen molar-refractivity contribution in [1.82, 2.24) is 5.32 Å². The van der Waals surface area contributed by atoms with Gasteiger partial charge in [0.2, 0.25) is 5.91 Å². The maximum absolute atomic E-state index is 12.9. The molecular weight excluding hydrogens is 360 g/mol. The zero-order valence-corrected chi connectivity index (χ0v) is 16.8. The molecule has 0 aromatic heterocycles. The summed E-state index contributed by atoms with van der Waals surface area (Å²) < 4.78 is 0. The Balaban J connectivity index is 1.81. The van der Waals surface area contributed by atoms with Crippen LogP contribution < -0.4 is 10.6 Å². The van der Waals surface area contributed by atoms with Crippen LogP contribution in [0, 0.1) is 0 Å². The summed E-state index contributed by atoms with van der Waals surface area (Å²) in [6.45, 7) is 3.81. The molecule has 0 radical (unpaired) electrons. The summed E-state index contributed by atoms with van der Waals surface area (Å²) in [5.41, 5.74) is 3.15. The van der Waals surface area contributed by atoms with Crippen molar-refractivity contribution >= 4 is 17.5 Å². The highest BCUT2D eigenvalue weighted by atomic mass is 16.2. The van der Waals surface area contributed by atoms with Crippen LogP contribution in [-0.4, -0.2) is 17.9 Å². The van der Waals surface area contributed by atoms with Gasteiger partial charge in [0.05, 0.1) is 11.3 Å². The molecule has 4 nitrogen and oxygen atoms in total. The Labute approximate surface area is 172 Å². The van der Waals surface area contributed by atoms with Crippen molar-refractivity contribution in [2.24, 2.45) is 0 Å². The number of carbonyl (C=O) groups is 2. The lowest BCUT2D eigenvalue weighted by Crippen LogP contribution is -2.31. The van der Waals surface area contributed by atoms with Gasteiger partial charge in [0.25, 0.3) is 5.91 Å². The summed E-state index contributed by atoms with van der Waals surface area (Å²) in [5, 5.41) is 5.81. The van der Waals surface area contributed by atoms with Crippen molar-refractivity contribution in [3.63, 3.8) is 0 Å². The van der Waals surface area contributed by atoms with Gasteiger partial charge in [-0.2, -0.15) is 0 Å². The minimum atomic E-state index is -0.196. The first-order chi connectivity index (χ1) is 14.0. The standard InChI is InChI=1S/C25H26N2O2/c1-18(2)26-25(29)21-15-9-10-16-23(21)27-24(28)17-22(19-11-5-3-6-12-19)20-13-7-4-8-14-20/h3-16,18,22H,17H2,1-2H3,(H,26,29)(H,27,28). The zero-order valence-electron chi connectivity index (χ0n) is 16.8. The second-order valence-electron chi connectivity index (χ2n) is 7.30. The lowest BCUT2D eigenvalue weighted by molar-refractivity contribution is -0.116. The van der Waals surface area contributed by atoms with Gasteiger partial charge in [0.1, 0.15) is 0 Å². The van der Waals surface area contributed by atoms with Crippen LogP contribution in [0.2, 0.25) is 0 Å². The van der Waals surface area contributed by atoms with Crippen LogP contribution >= 0.6 is 0 Å². The van der Waals surface area contributed by atoms with E-state index >= 15 is 0 Å². The largest absolute Gasteiger partial charge is 0.350 e. The van der Waals surface area contributed by atoms with Gasteiger partial charge in [-0.25, -0.2) is 0 Å². The third kappa shape index (κ3) is 5.55. The zero-order chi connectivity index (χ0) is 20.6. The van der Waals surface area contributed by atoms with Gasteiger partial charge in [0.15, 0.2) is 0 Å². The number of amides is 2. The van der Waals surface area contributed by atoms with Crippen LogP contribution in [0.1, 0.15) is 47.7 Å². The Morgan fingerprint density at radius 1 is 0.759 bits per heavy atom. The molecule has 0 saturated heterocycles. The fraction of sp³-hybridized carbons (Fsp3) is 0.200. The van der Waals surface area contributed by atoms with E-state index in [2.05, 4.69) is 10.6 Å². The molecule has 2 amide bonds. The number of para-hydroxylation sites is 1. The van der Waals surface area contributed by atoms with Crippen molar-refractivity contribution in [3.8, 4) is 0 Å². The quantitative estimate of drug-likeness (QED) is 0.601. The summed E-state index contributed by atoms with van der Waals surface area (Å²) in [4.78, 5) is 25.4. The Morgan fingerprint density at radius 3 is 1.83 bits per heavy atom. The van der Waals surface area contributed by atoms with E-state index in [1.165, 1.54) is 0 Å². The molecule has 3 aromatic rings. The number of hydrogen-bond acceptors (Lipinski definition) is 2. The molecule has 0 aliphatic rings. The molecule has 0 unspecified atom stereocenters. The number of benzene rings is 3. The maximum Gasteiger partial charge on any atom is 0.253 e. The van der Waals surface area contributed by atoms with Gasteiger partial charge >= 0.3 is 0 Å². The number of rotatable bonds is 7. The van der Waals surface area contributed by atoms with Crippen LogP contribution in [0.3, 0.4) is 0 Å². The molecule has 0 aliphatic heterocycles. The van der Waals surface area contributed by atoms with Crippen molar-refractivity contribution in [1.29, 1.82) is 0 Å². The van der Waals surface area contributed by atoms with E-state index in [1.54, 1.807) is 18.2 Å². The van der Waals surface area contributed by atoms with Crippen molar-refractivity contribution in [3.05, 3.63) is 102 Å². The first-order valence-corrected chi connectivity index (χ1v) is 9.84. The summed E-state index contributed by atoms with van der Waals surface area (Å²) in [5.74, 6) is -0.389. The molecule has 148 valence electrons. The van der Waals surface area contributed by atoms with E-state index in [0.29, 0.717) is 11.3 Å². The van der Waals surface area contributed by atoms with Crippen molar-refractivity contribution < 1.29 is 9.59 Å². The van der Waals surface area contributed by atoms with Gasteiger partial charge in [-0.05, 0) is 37.1 Å². The summed E-state index contributed by atoms with van der Waals surface area (Å²) in [6, 6.07) is 27.1. The molecule has 2 N–H and O–H groups in total. The van der Waals surface area contributed by atoms with E-state index in [1.807, 2.05) is 80.6 Å². The van der Waals surface area contributed by atoms with Crippen LogP contribution in [-0.2, 0) is 4.79 Å². The highest BCUT2D eigenvalue weighted by molar-refractivity contribution is 6.04. The topological polar surface area (TPSA) is 58.2 Å². The number of carbonyl (C=O) groups excluding carboxylic acids is 2. The Hall–Kier alpha value is -3.40. The van der Waals surface area contributed by atoms with Crippen LogP contribution in [0.15, 0.2) is 84.9 Å². The molecular formula is C25H26N2O2. The third-order valence-electron chi connectivity index (χ3n) is 4.66. The lowest BCUT2D eigenvalue weighted by atomic mass is 9.88. The lowest BCUT2D eigenvalue weighted by Gasteiger charge is -2.19. The monoisotopic (exact) mass is 386 g/mol. The smallest absolute Gasteiger partial charge is 0.253 e. The first-order valence-electron chi connectivity index (χ1n) is 9.84. The minimum absolute atomic E-state index is 0.0202. The molecule has 3 rings (SSSR count). The normalized spacial score (nSPS) is 10.8. The Kier molecular flexibility index (Phi) is 6.80. The number of hydrogen-bond donors (Lipinski definition) is 2. The van der Waals surface area contributed by atoms with Crippen molar-refractivity contribution in [2.75, 3.05) is 5.32 Å². The number of nitrogens with one attached hydrogen (secondary N) is 2. The van der Waals surface area contributed by atoms with E-state index in [9.17, 15) is 9.59 Å². The van der Waals surface area contributed by atoms with E-state index in [0.717, 1.165) is 11.1 Å². The van der Waals surface area contributed by atoms with Crippen molar-refractivity contribution in [2.45, 2.75) is 32.2 Å². The highest BCUT2D eigenvalue weighted by Gasteiger charge is 2.20. The van der Waals surface area contributed by atoms with Crippen LogP contribution in [0.25, 0.3) is 0 Å². The van der Waals surface area contributed by atoms with Gasteiger partial charge in [-0.3, -0.25) is 9.59 Å². The average Bonchev–Trinajstić information content (AvgIpc) is 2.73. The average molecular weight is 386 g/mol. The second kappa shape index (κ2) is 9.69. The second-order valence-corrected chi connectivity index (χ2v) is 7.30. The molecule has 0 bridgehead atoms. The molecule has 0 heterocycles.